The van der Waals surface area contributed by atoms with Crippen molar-refractivity contribution in [3.63, 3.8) is 0 Å². The van der Waals surface area contributed by atoms with Crippen LogP contribution >= 0.6 is 0 Å². The highest BCUT2D eigenvalue weighted by Crippen LogP contribution is 2.39. The molecule has 0 aromatic carbocycles. The van der Waals surface area contributed by atoms with E-state index in [1.807, 2.05) is 0 Å². The van der Waals surface area contributed by atoms with Gasteiger partial charge in [0.05, 0.1) is 11.7 Å². The Labute approximate surface area is 126 Å². The van der Waals surface area contributed by atoms with Crippen molar-refractivity contribution in [1.82, 2.24) is 5.32 Å². The van der Waals surface area contributed by atoms with Crippen LogP contribution in [-0.2, 0) is 4.74 Å². The molecule has 0 aliphatic heterocycles. The first-order chi connectivity index (χ1) is 9.44. The Morgan fingerprint density at radius 2 is 1.70 bits per heavy atom. The van der Waals surface area contributed by atoms with Crippen molar-refractivity contribution < 1.29 is 4.74 Å². The van der Waals surface area contributed by atoms with Crippen LogP contribution in [0.25, 0.3) is 0 Å². The summed E-state index contributed by atoms with van der Waals surface area (Å²) in [5.74, 6) is 0.802. The van der Waals surface area contributed by atoms with Crippen LogP contribution in [0.15, 0.2) is 0 Å². The molecule has 0 saturated heterocycles. The molecule has 2 unspecified atom stereocenters. The molecule has 2 atom stereocenters. The standard InChI is InChI=1S/C18H35NO/c1-5-15-10-6-7-11-16(15)20-18(12-8-9-13-18)14-19-17(2,3)4/h15-16,19H,5-14H2,1-4H3. The van der Waals surface area contributed by atoms with Crippen LogP contribution in [0.1, 0.15) is 85.5 Å². The molecule has 2 nitrogen and oxygen atoms in total. The molecule has 0 spiro atoms. The molecule has 2 heteroatoms. The maximum absolute atomic E-state index is 6.78. The summed E-state index contributed by atoms with van der Waals surface area (Å²) < 4.78 is 6.78. The SMILES string of the molecule is CCC1CCCCC1OC1(CNC(C)(C)C)CCCC1. The molecule has 2 rings (SSSR count). The van der Waals surface area contributed by atoms with Gasteiger partial charge in [0.2, 0.25) is 0 Å². The number of rotatable bonds is 5. The van der Waals surface area contributed by atoms with E-state index in [0.717, 1.165) is 12.5 Å². The maximum atomic E-state index is 6.78. The Bertz CT molecular complexity index is 288. The van der Waals surface area contributed by atoms with Gasteiger partial charge < -0.3 is 10.1 Å². The molecule has 20 heavy (non-hydrogen) atoms. The fourth-order valence-electron chi connectivity index (χ4n) is 3.90. The van der Waals surface area contributed by atoms with Gasteiger partial charge in [0.25, 0.3) is 0 Å². The molecule has 118 valence electrons. The monoisotopic (exact) mass is 281 g/mol. The minimum Gasteiger partial charge on any atom is -0.370 e. The van der Waals surface area contributed by atoms with E-state index in [9.17, 15) is 0 Å². The Balaban J connectivity index is 1.97. The molecule has 2 fully saturated rings. The maximum Gasteiger partial charge on any atom is 0.0810 e. The minimum atomic E-state index is 0.128. The lowest BCUT2D eigenvalue weighted by atomic mass is 9.84. The van der Waals surface area contributed by atoms with Crippen LogP contribution < -0.4 is 5.32 Å². The van der Waals surface area contributed by atoms with Gasteiger partial charge in [0.1, 0.15) is 0 Å². The molecule has 2 aliphatic rings. The van der Waals surface area contributed by atoms with E-state index in [4.69, 9.17) is 4.74 Å². The third kappa shape index (κ3) is 4.46. The smallest absolute Gasteiger partial charge is 0.0810 e. The van der Waals surface area contributed by atoms with Crippen molar-refractivity contribution in [2.75, 3.05) is 6.54 Å². The van der Waals surface area contributed by atoms with Gasteiger partial charge in [-0.1, -0.05) is 39.0 Å². The van der Waals surface area contributed by atoms with E-state index in [1.54, 1.807) is 0 Å². The Kier molecular flexibility index (Phi) is 5.53. The summed E-state index contributed by atoms with van der Waals surface area (Å²) in [6.07, 6.45) is 12.4. The molecular weight excluding hydrogens is 246 g/mol. The second kappa shape index (κ2) is 6.79. The molecule has 0 bridgehead atoms. The molecule has 0 radical (unpaired) electrons. The summed E-state index contributed by atoms with van der Waals surface area (Å²) in [6, 6.07) is 0. The van der Waals surface area contributed by atoms with Gasteiger partial charge >= 0.3 is 0 Å². The van der Waals surface area contributed by atoms with Gasteiger partial charge in [-0.05, 0) is 52.4 Å². The van der Waals surface area contributed by atoms with Crippen molar-refractivity contribution >= 4 is 0 Å². The van der Waals surface area contributed by atoms with Crippen LogP contribution in [0.2, 0.25) is 0 Å². The fraction of sp³-hybridized carbons (Fsp3) is 1.00. The average molecular weight is 281 g/mol. The van der Waals surface area contributed by atoms with E-state index in [2.05, 4.69) is 33.0 Å². The predicted octanol–water partition coefficient (Wildman–Crippen LogP) is 4.67. The second-order valence-corrected chi connectivity index (χ2v) is 8.10. The normalized spacial score (nSPS) is 30.6. The number of nitrogens with one attached hydrogen (secondary N) is 1. The van der Waals surface area contributed by atoms with E-state index < -0.39 is 0 Å². The number of ether oxygens (including phenoxy) is 1. The van der Waals surface area contributed by atoms with Crippen molar-refractivity contribution in [3.8, 4) is 0 Å². The lowest BCUT2D eigenvalue weighted by molar-refractivity contribution is -0.124. The average Bonchev–Trinajstić information content (AvgIpc) is 2.86. The number of hydrogen-bond acceptors (Lipinski definition) is 2. The molecule has 0 amide bonds. The second-order valence-electron chi connectivity index (χ2n) is 8.10. The van der Waals surface area contributed by atoms with Crippen LogP contribution in [0.5, 0.6) is 0 Å². The van der Waals surface area contributed by atoms with E-state index in [0.29, 0.717) is 6.10 Å². The van der Waals surface area contributed by atoms with Crippen molar-refractivity contribution in [1.29, 1.82) is 0 Å². The topological polar surface area (TPSA) is 21.3 Å². The van der Waals surface area contributed by atoms with Crippen LogP contribution in [0.4, 0.5) is 0 Å². The molecule has 0 heterocycles. The van der Waals surface area contributed by atoms with E-state index in [-0.39, 0.29) is 11.1 Å². The van der Waals surface area contributed by atoms with Crippen LogP contribution in [-0.4, -0.2) is 23.8 Å². The lowest BCUT2D eigenvalue weighted by Crippen LogP contribution is -2.50. The first-order valence-corrected chi connectivity index (χ1v) is 8.87. The summed E-state index contributed by atoms with van der Waals surface area (Å²) in [5.41, 5.74) is 0.318. The largest absolute Gasteiger partial charge is 0.370 e. The summed E-state index contributed by atoms with van der Waals surface area (Å²) in [4.78, 5) is 0. The summed E-state index contributed by atoms with van der Waals surface area (Å²) in [5, 5.41) is 3.70. The summed E-state index contributed by atoms with van der Waals surface area (Å²) >= 11 is 0. The summed E-state index contributed by atoms with van der Waals surface area (Å²) in [6.45, 7) is 10.1. The Hall–Kier alpha value is -0.0800. The third-order valence-corrected chi connectivity index (χ3v) is 5.22. The van der Waals surface area contributed by atoms with Crippen LogP contribution in [0.3, 0.4) is 0 Å². The van der Waals surface area contributed by atoms with E-state index >= 15 is 0 Å². The van der Waals surface area contributed by atoms with Crippen molar-refractivity contribution in [2.24, 2.45) is 5.92 Å². The molecular formula is C18H35NO. The zero-order valence-electron chi connectivity index (χ0n) is 14.1. The van der Waals surface area contributed by atoms with Gasteiger partial charge in [-0.2, -0.15) is 0 Å². The predicted molar refractivity (Wildman–Crippen MR) is 86.1 cm³/mol. The first kappa shape index (κ1) is 16.3. The van der Waals surface area contributed by atoms with Gasteiger partial charge in [-0.15, -0.1) is 0 Å². The minimum absolute atomic E-state index is 0.128. The van der Waals surface area contributed by atoms with Crippen molar-refractivity contribution in [2.45, 2.75) is 103 Å². The zero-order chi connectivity index (χ0) is 14.6. The molecule has 0 aromatic rings. The molecule has 1 N–H and O–H groups in total. The number of hydrogen-bond donors (Lipinski definition) is 1. The molecule has 2 aliphatic carbocycles. The van der Waals surface area contributed by atoms with Crippen molar-refractivity contribution in [3.05, 3.63) is 0 Å². The molecule has 2 saturated carbocycles. The quantitative estimate of drug-likeness (QED) is 0.790. The highest BCUT2D eigenvalue weighted by Gasteiger charge is 2.39. The van der Waals surface area contributed by atoms with Gasteiger partial charge in [0, 0.05) is 12.1 Å². The fourth-order valence-corrected chi connectivity index (χ4v) is 3.90. The highest BCUT2D eigenvalue weighted by atomic mass is 16.5. The van der Waals surface area contributed by atoms with E-state index in [1.165, 1.54) is 57.8 Å². The van der Waals surface area contributed by atoms with Gasteiger partial charge in [-0.3, -0.25) is 0 Å². The van der Waals surface area contributed by atoms with Gasteiger partial charge in [-0.25, -0.2) is 0 Å². The molecule has 0 aromatic heterocycles. The van der Waals surface area contributed by atoms with Gasteiger partial charge in [0.15, 0.2) is 0 Å². The van der Waals surface area contributed by atoms with Crippen LogP contribution in [0, 0.1) is 5.92 Å². The Morgan fingerprint density at radius 3 is 2.30 bits per heavy atom. The zero-order valence-corrected chi connectivity index (χ0v) is 14.1. The summed E-state index contributed by atoms with van der Waals surface area (Å²) in [7, 11) is 0. The highest BCUT2D eigenvalue weighted by molar-refractivity contribution is 4.93. The lowest BCUT2D eigenvalue weighted by Gasteiger charge is -2.41. The third-order valence-electron chi connectivity index (χ3n) is 5.22. The first-order valence-electron chi connectivity index (χ1n) is 8.87. The Morgan fingerprint density at radius 1 is 1.05 bits per heavy atom.